The van der Waals surface area contributed by atoms with E-state index < -0.39 is 10.8 Å². The van der Waals surface area contributed by atoms with E-state index in [0.29, 0.717) is 0 Å². The van der Waals surface area contributed by atoms with Gasteiger partial charge in [-0.3, -0.25) is 19.7 Å². The Bertz CT molecular complexity index is 577. The molecule has 8 heteroatoms. The lowest BCUT2D eigenvalue weighted by Gasteiger charge is -2.11. The maximum atomic E-state index is 12.0. The van der Waals surface area contributed by atoms with Gasteiger partial charge in [-0.15, -0.1) is 0 Å². The van der Waals surface area contributed by atoms with Gasteiger partial charge in [-0.2, -0.15) is 0 Å². The van der Waals surface area contributed by atoms with Crippen LogP contribution in [0.5, 0.6) is 0 Å². The van der Waals surface area contributed by atoms with Gasteiger partial charge >= 0.3 is 0 Å². The number of non-ortho nitro benzene ring substituents is 1. The number of carbonyl (C=O) groups excluding carboxylic acids is 2. The van der Waals surface area contributed by atoms with Crippen molar-refractivity contribution in [2.45, 2.75) is 32.7 Å². The molecule has 7 nitrogen and oxygen atoms in total. The van der Waals surface area contributed by atoms with Crippen LogP contribution in [-0.4, -0.2) is 29.3 Å². The number of nitro benzene ring substituents is 1. The van der Waals surface area contributed by atoms with Crippen LogP contribution in [0, 0.1) is 10.1 Å². The third-order valence-electron chi connectivity index (χ3n) is 3.06. The summed E-state index contributed by atoms with van der Waals surface area (Å²) in [6.45, 7) is 3.97. The van der Waals surface area contributed by atoms with Gasteiger partial charge in [-0.1, -0.05) is 18.5 Å². The fraction of sp³-hybridized carbons (Fsp3) is 0.429. The Labute approximate surface area is 133 Å². The molecule has 0 aliphatic rings. The molecule has 0 aliphatic heterocycles. The van der Waals surface area contributed by atoms with E-state index in [9.17, 15) is 19.7 Å². The highest BCUT2D eigenvalue weighted by atomic mass is 35.5. The number of nitrogens with zero attached hydrogens (tertiary/aromatic N) is 1. The first-order chi connectivity index (χ1) is 10.3. The molecule has 0 saturated carbocycles. The Balaban J connectivity index is 2.57. The molecule has 120 valence electrons. The number of hydrogen-bond acceptors (Lipinski definition) is 4. The molecule has 0 saturated heterocycles. The molecule has 1 aromatic rings. The molecule has 1 atom stereocenters. The molecular formula is C14H18ClN3O4. The largest absolute Gasteiger partial charge is 0.354 e. The highest BCUT2D eigenvalue weighted by Crippen LogP contribution is 2.21. The molecule has 2 amide bonds. The number of nitro groups is 1. The van der Waals surface area contributed by atoms with Crippen LogP contribution in [0.3, 0.4) is 0 Å². The van der Waals surface area contributed by atoms with Crippen molar-refractivity contribution in [3.8, 4) is 0 Å². The molecular weight excluding hydrogens is 310 g/mol. The van der Waals surface area contributed by atoms with Gasteiger partial charge in [0.15, 0.2) is 0 Å². The summed E-state index contributed by atoms with van der Waals surface area (Å²) >= 11 is 5.86. The van der Waals surface area contributed by atoms with E-state index in [1.54, 1.807) is 0 Å². The van der Waals surface area contributed by atoms with Crippen molar-refractivity contribution in [1.29, 1.82) is 0 Å². The number of nitrogens with one attached hydrogen (secondary N) is 2. The van der Waals surface area contributed by atoms with Crippen molar-refractivity contribution in [3.63, 3.8) is 0 Å². The van der Waals surface area contributed by atoms with Crippen molar-refractivity contribution in [1.82, 2.24) is 10.6 Å². The van der Waals surface area contributed by atoms with E-state index in [0.717, 1.165) is 12.5 Å². The monoisotopic (exact) mass is 327 g/mol. The van der Waals surface area contributed by atoms with Gasteiger partial charge in [0.25, 0.3) is 11.6 Å². The average molecular weight is 328 g/mol. The first kappa shape index (κ1) is 17.9. The quantitative estimate of drug-likeness (QED) is 0.592. The fourth-order valence-corrected chi connectivity index (χ4v) is 1.84. The molecule has 1 rings (SSSR count). The molecule has 0 bridgehead atoms. The fourth-order valence-electron chi connectivity index (χ4n) is 1.63. The molecule has 0 fully saturated rings. The van der Waals surface area contributed by atoms with Crippen LogP contribution in [0.15, 0.2) is 18.2 Å². The smallest absolute Gasteiger partial charge is 0.270 e. The van der Waals surface area contributed by atoms with Crippen LogP contribution in [-0.2, 0) is 4.79 Å². The SMILES string of the molecule is CCC(C)NC(=O)CCNC(=O)c1cc([N+](=O)[O-])ccc1Cl. The Morgan fingerprint density at radius 2 is 2.09 bits per heavy atom. The molecule has 0 aliphatic carbocycles. The minimum Gasteiger partial charge on any atom is -0.354 e. The van der Waals surface area contributed by atoms with E-state index in [1.807, 2.05) is 13.8 Å². The van der Waals surface area contributed by atoms with Crippen LogP contribution >= 0.6 is 11.6 Å². The molecule has 1 unspecified atom stereocenters. The van der Waals surface area contributed by atoms with Gasteiger partial charge in [-0.05, 0) is 19.4 Å². The minimum absolute atomic E-state index is 0.0122. The van der Waals surface area contributed by atoms with E-state index in [4.69, 9.17) is 11.6 Å². The minimum atomic E-state index is -0.604. The lowest BCUT2D eigenvalue weighted by atomic mass is 10.2. The van der Waals surface area contributed by atoms with E-state index in [-0.39, 0.29) is 41.2 Å². The normalized spacial score (nSPS) is 11.6. The first-order valence-electron chi connectivity index (χ1n) is 6.86. The predicted molar refractivity (Wildman–Crippen MR) is 83.0 cm³/mol. The second-order valence-electron chi connectivity index (χ2n) is 4.80. The number of carbonyl (C=O) groups is 2. The first-order valence-corrected chi connectivity index (χ1v) is 7.24. The van der Waals surface area contributed by atoms with Crippen molar-refractivity contribution in [2.75, 3.05) is 6.54 Å². The maximum Gasteiger partial charge on any atom is 0.270 e. The standard InChI is InChI=1S/C14H18ClN3O4/c1-3-9(2)17-13(19)6-7-16-14(20)11-8-10(18(21)22)4-5-12(11)15/h4-5,8-9H,3,6-7H2,1-2H3,(H,16,20)(H,17,19). The summed E-state index contributed by atoms with van der Waals surface area (Å²) in [6.07, 6.45) is 0.948. The van der Waals surface area contributed by atoms with E-state index in [2.05, 4.69) is 10.6 Å². The lowest BCUT2D eigenvalue weighted by molar-refractivity contribution is -0.384. The Kier molecular flexibility index (Phi) is 6.78. The van der Waals surface area contributed by atoms with Crippen LogP contribution in [0.25, 0.3) is 0 Å². The zero-order valence-corrected chi connectivity index (χ0v) is 13.1. The second kappa shape index (κ2) is 8.33. The Morgan fingerprint density at radius 3 is 2.68 bits per heavy atom. The topological polar surface area (TPSA) is 101 Å². The van der Waals surface area contributed by atoms with Gasteiger partial charge in [0, 0.05) is 31.1 Å². The Morgan fingerprint density at radius 1 is 1.41 bits per heavy atom. The molecule has 1 aromatic carbocycles. The lowest BCUT2D eigenvalue weighted by Crippen LogP contribution is -2.35. The van der Waals surface area contributed by atoms with Crippen molar-refractivity contribution >= 4 is 29.1 Å². The van der Waals surface area contributed by atoms with Crippen LogP contribution in [0.2, 0.25) is 5.02 Å². The highest BCUT2D eigenvalue weighted by molar-refractivity contribution is 6.33. The average Bonchev–Trinajstić information content (AvgIpc) is 2.46. The van der Waals surface area contributed by atoms with Gasteiger partial charge in [-0.25, -0.2) is 0 Å². The van der Waals surface area contributed by atoms with E-state index in [1.165, 1.54) is 12.1 Å². The zero-order valence-electron chi connectivity index (χ0n) is 12.4. The number of halogens is 1. The zero-order chi connectivity index (χ0) is 16.7. The third-order valence-corrected chi connectivity index (χ3v) is 3.39. The summed E-state index contributed by atoms with van der Waals surface area (Å²) in [5.74, 6) is -0.718. The molecule has 0 spiro atoms. The van der Waals surface area contributed by atoms with Crippen molar-refractivity contribution in [2.24, 2.45) is 0 Å². The number of rotatable bonds is 7. The van der Waals surface area contributed by atoms with Crippen molar-refractivity contribution < 1.29 is 14.5 Å². The summed E-state index contributed by atoms with van der Waals surface area (Å²) in [6, 6.07) is 3.70. The summed E-state index contributed by atoms with van der Waals surface area (Å²) in [4.78, 5) is 33.6. The molecule has 22 heavy (non-hydrogen) atoms. The van der Waals surface area contributed by atoms with Crippen LogP contribution in [0.4, 0.5) is 5.69 Å². The molecule has 0 aromatic heterocycles. The second-order valence-corrected chi connectivity index (χ2v) is 5.21. The van der Waals surface area contributed by atoms with Gasteiger partial charge in [0.2, 0.25) is 5.91 Å². The number of hydrogen-bond donors (Lipinski definition) is 2. The van der Waals surface area contributed by atoms with Gasteiger partial charge in [0.1, 0.15) is 0 Å². The molecule has 0 radical (unpaired) electrons. The maximum absolute atomic E-state index is 12.0. The summed E-state index contributed by atoms with van der Waals surface area (Å²) in [7, 11) is 0. The molecule has 2 N–H and O–H groups in total. The van der Waals surface area contributed by atoms with E-state index >= 15 is 0 Å². The molecule has 0 heterocycles. The number of amides is 2. The van der Waals surface area contributed by atoms with Crippen LogP contribution in [0.1, 0.15) is 37.0 Å². The van der Waals surface area contributed by atoms with Crippen molar-refractivity contribution in [3.05, 3.63) is 38.9 Å². The van der Waals surface area contributed by atoms with Crippen LogP contribution < -0.4 is 10.6 Å². The summed E-state index contributed by atoms with van der Waals surface area (Å²) in [5.41, 5.74) is -0.206. The number of benzene rings is 1. The van der Waals surface area contributed by atoms with Gasteiger partial charge < -0.3 is 10.6 Å². The third kappa shape index (κ3) is 5.33. The summed E-state index contributed by atoms with van der Waals surface area (Å²) in [5, 5.41) is 16.1. The summed E-state index contributed by atoms with van der Waals surface area (Å²) < 4.78 is 0. The predicted octanol–water partition coefficient (Wildman–Crippen LogP) is 2.28. The Hall–Kier alpha value is -2.15. The van der Waals surface area contributed by atoms with Gasteiger partial charge in [0.05, 0.1) is 15.5 Å². The highest BCUT2D eigenvalue weighted by Gasteiger charge is 2.16.